The van der Waals surface area contributed by atoms with Gasteiger partial charge in [0.25, 0.3) is 0 Å². The van der Waals surface area contributed by atoms with Crippen molar-refractivity contribution < 1.29 is 23.8 Å². The van der Waals surface area contributed by atoms with Crippen LogP contribution in [-0.2, 0) is 0 Å². The Kier molecular flexibility index (Phi) is 8.35. The molecule has 204 valence electrons. The van der Waals surface area contributed by atoms with Crippen molar-refractivity contribution >= 4 is 28.3 Å². The fraction of sp³-hybridized carbons (Fsp3) is 0.233. The smallest absolute Gasteiger partial charge is 0.323 e. The summed E-state index contributed by atoms with van der Waals surface area (Å²) in [7, 11) is 0. The van der Waals surface area contributed by atoms with Gasteiger partial charge in [0.1, 0.15) is 41.8 Å². The van der Waals surface area contributed by atoms with Crippen molar-refractivity contribution in [2.75, 3.05) is 36.9 Å². The lowest BCUT2D eigenvalue weighted by Crippen LogP contribution is -2.33. The molecule has 1 aliphatic rings. The number of pyridine rings is 1. The van der Waals surface area contributed by atoms with Crippen LogP contribution in [0, 0.1) is 17.1 Å². The lowest BCUT2D eigenvalue weighted by molar-refractivity contribution is 0.0758. The lowest BCUT2D eigenvalue weighted by Gasteiger charge is -2.20. The van der Waals surface area contributed by atoms with Crippen LogP contribution in [-0.4, -0.2) is 53.4 Å². The van der Waals surface area contributed by atoms with Crippen LogP contribution in [0.15, 0.2) is 72.9 Å². The number of hydrogen-bond donors (Lipinski definition) is 3. The fourth-order valence-corrected chi connectivity index (χ4v) is 4.51. The number of rotatable bonds is 9. The van der Waals surface area contributed by atoms with Crippen LogP contribution in [0.1, 0.15) is 18.4 Å². The molecule has 3 aromatic carbocycles. The van der Waals surface area contributed by atoms with Gasteiger partial charge in [0.05, 0.1) is 11.1 Å². The molecule has 1 aromatic heterocycles. The van der Waals surface area contributed by atoms with Crippen LogP contribution < -0.4 is 20.1 Å². The van der Waals surface area contributed by atoms with Crippen molar-refractivity contribution in [1.82, 2.24) is 9.88 Å². The van der Waals surface area contributed by atoms with E-state index in [1.165, 1.54) is 24.3 Å². The summed E-state index contributed by atoms with van der Waals surface area (Å²) in [6, 6.07) is 19.0. The summed E-state index contributed by atoms with van der Waals surface area (Å²) >= 11 is 0. The van der Waals surface area contributed by atoms with Crippen molar-refractivity contribution in [2.45, 2.75) is 18.9 Å². The van der Waals surface area contributed by atoms with Gasteiger partial charge in [-0.2, -0.15) is 5.26 Å². The van der Waals surface area contributed by atoms with Gasteiger partial charge in [0.15, 0.2) is 0 Å². The van der Waals surface area contributed by atoms with Crippen molar-refractivity contribution in [2.24, 2.45) is 0 Å². The van der Waals surface area contributed by atoms with Gasteiger partial charge in [-0.25, -0.2) is 9.18 Å². The minimum atomic E-state index is -0.658. The summed E-state index contributed by atoms with van der Waals surface area (Å²) in [5, 5.41) is 26.1. The maximum atomic E-state index is 13.0. The van der Waals surface area contributed by atoms with Crippen molar-refractivity contribution in [3.8, 4) is 23.3 Å². The highest BCUT2D eigenvalue weighted by molar-refractivity contribution is 5.99. The number of aromatic nitrogens is 1. The molecule has 1 unspecified atom stereocenters. The number of urea groups is 1. The molecule has 0 radical (unpaired) electrons. The number of nitrogens with zero attached hydrogens (tertiary/aromatic N) is 3. The summed E-state index contributed by atoms with van der Waals surface area (Å²) in [4.78, 5) is 18.8. The molecule has 4 aromatic rings. The van der Waals surface area contributed by atoms with E-state index >= 15 is 0 Å². The molecule has 0 aliphatic carbocycles. The quantitative estimate of drug-likeness (QED) is 0.255. The Morgan fingerprint density at radius 1 is 1.02 bits per heavy atom. The number of carbonyl (C=O) groups excluding carboxylic acids is 1. The second kappa shape index (κ2) is 12.4. The summed E-state index contributed by atoms with van der Waals surface area (Å²) in [6.45, 7) is 2.58. The van der Waals surface area contributed by atoms with Gasteiger partial charge in [-0.1, -0.05) is 0 Å². The average Bonchev–Trinajstić information content (AvgIpc) is 3.47. The molecule has 1 aliphatic heterocycles. The maximum Gasteiger partial charge on any atom is 0.323 e. The van der Waals surface area contributed by atoms with Crippen LogP contribution >= 0.6 is 0 Å². The van der Waals surface area contributed by atoms with Gasteiger partial charge in [0.2, 0.25) is 0 Å². The third-order valence-corrected chi connectivity index (χ3v) is 6.46. The van der Waals surface area contributed by atoms with Gasteiger partial charge in [-0.15, -0.1) is 0 Å². The number of benzene rings is 3. The Bertz CT molecular complexity index is 1520. The summed E-state index contributed by atoms with van der Waals surface area (Å²) < 4.78 is 24.9. The Labute approximate surface area is 230 Å². The molecule has 1 atom stereocenters. The van der Waals surface area contributed by atoms with Gasteiger partial charge in [0, 0.05) is 35.6 Å². The van der Waals surface area contributed by atoms with Crippen molar-refractivity contribution in [1.29, 1.82) is 5.26 Å². The highest BCUT2D eigenvalue weighted by Crippen LogP contribution is 2.33. The molecule has 40 heavy (non-hydrogen) atoms. The predicted molar refractivity (Wildman–Crippen MR) is 149 cm³/mol. The molecule has 2 amide bonds. The number of aliphatic hydroxyl groups is 1. The van der Waals surface area contributed by atoms with E-state index in [1.54, 1.807) is 48.7 Å². The Balaban J connectivity index is 1.24. The predicted octanol–water partition coefficient (Wildman–Crippen LogP) is 5.52. The molecule has 0 bridgehead atoms. The molecule has 2 heterocycles. The second-order valence-electron chi connectivity index (χ2n) is 9.47. The number of anilines is 2. The number of β-amino-alcohol motifs (C(OH)–C–C–N with tert-alkyl or cyclic N) is 1. The van der Waals surface area contributed by atoms with E-state index in [0.29, 0.717) is 51.6 Å². The number of likely N-dealkylation sites (tertiary alicyclic amines) is 1. The number of nitriles is 1. The molecule has 9 nitrogen and oxygen atoms in total. The lowest BCUT2D eigenvalue weighted by atomic mass is 10.1. The third-order valence-electron chi connectivity index (χ3n) is 6.46. The van der Waals surface area contributed by atoms with Gasteiger partial charge < -0.3 is 30.1 Å². The molecule has 10 heteroatoms. The van der Waals surface area contributed by atoms with E-state index in [9.17, 15) is 19.6 Å². The van der Waals surface area contributed by atoms with Crippen LogP contribution in [0.4, 0.5) is 20.6 Å². The topological polar surface area (TPSA) is 120 Å². The maximum absolute atomic E-state index is 13.0. The number of aliphatic hydroxyl groups excluding tert-OH is 1. The van der Waals surface area contributed by atoms with E-state index in [-0.39, 0.29) is 12.4 Å². The average molecular weight is 542 g/mol. The normalized spacial score (nSPS) is 13.9. The number of nitrogens with one attached hydrogen (secondary N) is 2. The summed E-state index contributed by atoms with van der Waals surface area (Å²) in [5.74, 6) is 0.983. The van der Waals surface area contributed by atoms with Crippen LogP contribution in [0.3, 0.4) is 0 Å². The van der Waals surface area contributed by atoms with E-state index in [0.717, 1.165) is 25.9 Å². The zero-order valence-corrected chi connectivity index (χ0v) is 21.6. The first kappa shape index (κ1) is 26.9. The standard InChI is InChI=1S/C30H28FN5O4/c31-21-3-5-22(6-4-21)34-30(38)35-23-7-9-25(10-8-23)40-28-11-12-33-27-16-29(20(17-32)15-26(27)28)39-19-24(37)18-36-13-1-2-14-36/h3-12,15-16,24,37H,1-2,13-14,18-19H2,(H2,34,35,38). The molecule has 1 fully saturated rings. The molecular weight excluding hydrogens is 513 g/mol. The van der Waals surface area contributed by atoms with E-state index in [4.69, 9.17) is 9.47 Å². The number of hydrogen-bond acceptors (Lipinski definition) is 7. The van der Waals surface area contributed by atoms with Crippen LogP contribution in [0.25, 0.3) is 10.9 Å². The summed E-state index contributed by atoms with van der Waals surface area (Å²) in [5.41, 5.74) is 1.89. The Hall–Kier alpha value is -4.72. The SMILES string of the molecule is N#Cc1cc2c(Oc3ccc(NC(=O)Nc4ccc(F)cc4)cc3)ccnc2cc1OCC(O)CN1CCCC1. The number of fused-ring (bicyclic) bond motifs is 1. The van der Waals surface area contributed by atoms with Crippen molar-refractivity contribution in [3.05, 3.63) is 84.3 Å². The number of amides is 2. The number of ether oxygens (including phenoxy) is 2. The van der Waals surface area contributed by atoms with E-state index in [2.05, 4.69) is 26.6 Å². The van der Waals surface area contributed by atoms with Gasteiger partial charge in [-0.3, -0.25) is 4.98 Å². The molecular formula is C30H28FN5O4. The monoisotopic (exact) mass is 541 g/mol. The highest BCUT2D eigenvalue weighted by atomic mass is 19.1. The highest BCUT2D eigenvalue weighted by Gasteiger charge is 2.18. The molecule has 0 saturated carbocycles. The van der Waals surface area contributed by atoms with Crippen LogP contribution in [0.5, 0.6) is 17.2 Å². The van der Waals surface area contributed by atoms with Gasteiger partial charge >= 0.3 is 6.03 Å². The summed E-state index contributed by atoms with van der Waals surface area (Å²) in [6.07, 6.45) is 3.23. The van der Waals surface area contributed by atoms with Crippen molar-refractivity contribution in [3.63, 3.8) is 0 Å². The Morgan fingerprint density at radius 3 is 2.38 bits per heavy atom. The van der Waals surface area contributed by atoms with E-state index < -0.39 is 12.1 Å². The molecule has 3 N–H and O–H groups in total. The minimum absolute atomic E-state index is 0.0786. The van der Waals surface area contributed by atoms with Gasteiger partial charge in [-0.05, 0) is 86.6 Å². The van der Waals surface area contributed by atoms with Crippen LogP contribution in [0.2, 0.25) is 0 Å². The first-order valence-electron chi connectivity index (χ1n) is 12.9. The zero-order valence-electron chi connectivity index (χ0n) is 21.6. The zero-order chi connectivity index (χ0) is 27.9. The largest absolute Gasteiger partial charge is 0.489 e. The Morgan fingerprint density at radius 2 is 1.70 bits per heavy atom. The second-order valence-corrected chi connectivity index (χ2v) is 9.47. The first-order chi connectivity index (χ1) is 19.5. The molecule has 0 spiro atoms. The fourth-order valence-electron chi connectivity index (χ4n) is 4.51. The first-order valence-corrected chi connectivity index (χ1v) is 12.9. The minimum Gasteiger partial charge on any atom is -0.489 e. The third kappa shape index (κ3) is 6.83. The van der Waals surface area contributed by atoms with E-state index in [1.807, 2.05) is 0 Å². The number of carbonyl (C=O) groups is 1. The number of halogens is 1. The molecule has 5 rings (SSSR count). The molecule has 1 saturated heterocycles.